The maximum atomic E-state index is 11.8. The lowest BCUT2D eigenvalue weighted by Gasteiger charge is -2.03. The molecule has 0 saturated carbocycles. The van der Waals surface area contributed by atoms with Crippen LogP contribution in [0.1, 0.15) is 29.8 Å². The fourth-order valence-corrected chi connectivity index (χ4v) is 2.18. The van der Waals surface area contributed by atoms with Gasteiger partial charge >= 0.3 is 0 Å². The van der Waals surface area contributed by atoms with E-state index in [0.29, 0.717) is 0 Å². The van der Waals surface area contributed by atoms with Crippen molar-refractivity contribution >= 4 is 21.7 Å². The normalized spacial score (nSPS) is 10.9. The van der Waals surface area contributed by atoms with Crippen molar-refractivity contribution in [1.29, 1.82) is 0 Å². The third-order valence-electron chi connectivity index (χ3n) is 2.69. The minimum atomic E-state index is 0.0355. The molecule has 0 aliphatic carbocycles. The molecule has 0 amide bonds. The summed E-state index contributed by atoms with van der Waals surface area (Å²) in [5, 5.41) is 0. The SMILES string of the molecule is CC(C)C(=O)c1ccn(Cc2cncc(Br)c2)c1. The highest BCUT2D eigenvalue weighted by molar-refractivity contribution is 9.10. The van der Waals surface area contributed by atoms with Crippen molar-refractivity contribution in [3.8, 4) is 0 Å². The van der Waals surface area contributed by atoms with Crippen LogP contribution in [-0.4, -0.2) is 15.3 Å². The van der Waals surface area contributed by atoms with Crippen molar-refractivity contribution in [2.45, 2.75) is 20.4 Å². The Morgan fingerprint density at radius 1 is 1.44 bits per heavy atom. The number of rotatable bonds is 4. The number of Topliss-reactive ketones (excluding diaryl/α,β-unsaturated/α-hetero) is 1. The highest BCUT2D eigenvalue weighted by Crippen LogP contribution is 2.13. The standard InChI is InChI=1S/C14H15BrN2O/c1-10(2)14(18)12-3-4-17(9-12)8-11-5-13(15)7-16-6-11/h3-7,9-10H,8H2,1-2H3. The number of ketones is 1. The Balaban J connectivity index is 2.14. The topological polar surface area (TPSA) is 34.9 Å². The second kappa shape index (κ2) is 5.48. The van der Waals surface area contributed by atoms with Crippen LogP contribution >= 0.6 is 15.9 Å². The largest absolute Gasteiger partial charge is 0.349 e. The Morgan fingerprint density at radius 3 is 2.89 bits per heavy atom. The second-order valence-corrected chi connectivity index (χ2v) is 5.52. The average Bonchev–Trinajstić information content (AvgIpc) is 2.76. The molecule has 0 spiro atoms. The Bertz CT molecular complexity index is 560. The molecule has 2 rings (SSSR count). The van der Waals surface area contributed by atoms with Crippen molar-refractivity contribution in [3.05, 3.63) is 52.5 Å². The van der Waals surface area contributed by atoms with Gasteiger partial charge in [-0.05, 0) is 33.6 Å². The molecule has 4 heteroatoms. The summed E-state index contributed by atoms with van der Waals surface area (Å²) >= 11 is 3.40. The van der Waals surface area contributed by atoms with E-state index in [1.165, 1.54) is 0 Å². The average molecular weight is 307 g/mol. The van der Waals surface area contributed by atoms with Crippen LogP contribution in [0.25, 0.3) is 0 Å². The van der Waals surface area contributed by atoms with Crippen LogP contribution in [0.2, 0.25) is 0 Å². The number of pyridine rings is 1. The number of carbonyl (C=O) groups excluding carboxylic acids is 1. The van der Waals surface area contributed by atoms with Crippen LogP contribution in [0, 0.1) is 5.92 Å². The Labute approximate surface area is 115 Å². The summed E-state index contributed by atoms with van der Waals surface area (Å²) in [4.78, 5) is 16.0. The fraction of sp³-hybridized carbons (Fsp3) is 0.286. The molecule has 0 N–H and O–H groups in total. The maximum absolute atomic E-state index is 11.8. The smallest absolute Gasteiger partial charge is 0.166 e. The molecule has 18 heavy (non-hydrogen) atoms. The van der Waals surface area contributed by atoms with Crippen molar-refractivity contribution in [1.82, 2.24) is 9.55 Å². The molecule has 2 aromatic rings. The van der Waals surface area contributed by atoms with Gasteiger partial charge in [-0.15, -0.1) is 0 Å². The molecule has 0 radical (unpaired) electrons. The van der Waals surface area contributed by atoms with Crippen LogP contribution in [0.4, 0.5) is 0 Å². The molecule has 0 atom stereocenters. The molecule has 0 aliphatic heterocycles. The van der Waals surface area contributed by atoms with Gasteiger partial charge in [0.25, 0.3) is 0 Å². The highest BCUT2D eigenvalue weighted by Gasteiger charge is 2.11. The molecule has 3 nitrogen and oxygen atoms in total. The molecular weight excluding hydrogens is 292 g/mol. The minimum absolute atomic E-state index is 0.0355. The van der Waals surface area contributed by atoms with Gasteiger partial charge in [0.1, 0.15) is 0 Å². The van der Waals surface area contributed by atoms with E-state index < -0.39 is 0 Å². The summed E-state index contributed by atoms with van der Waals surface area (Å²) in [5.74, 6) is 0.217. The maximum Gasteiger partial charge on any atom is 0.166 e. The molecule has 2 heterocycles. The van der Waals surface area contributed by atoms with E-state index in [-0.39, 0.29) is 11.7 Å². The van der Waals surface area contributed by atoms with Crippen molar-refractivity contribution < 1.29 is 4.79 Å². The number of nitrogens with zero attached hydrogens (tertiary/aromatic N) is 2. The molecule has 0 aliphatic rings. The monoisotopic (exact) mass is 306 g/mol. The van der Waals surface area contributed by atoms with E-state index in [9.17, 15) is 4.79 Å². The van der Waals surface area contributed by atoms with Gasteiger partial charge in [0, 0.05) is 47.3 Å². The first kappa shape index (κ1) is 13.0. The van der Waals surface area contributed by atoms with Gasteiger partial charge < -0.3 is 4.57 Å². The van der Waals surface area contributed by atoms with Crippen LogP contribution in [0.15, 0.2) is 41.4 Å². The highest BCUT2D eigenvalue weighted by atomic mass is 79.9. The second-order valence-electron chi connectivity index (χ2n) is 4.60. The lowest BCUT2D eigenvalue weighted by Crippen LogP contribution is -2.06. The van der Waals surface area contributed by atoms with E-state index in [2.05, 4.69) is 20.9 Å². The van der Waals surface area contributed by atoms with Crippen LogP contribution in [0.5, 0.6) is 0 Å². The Hall–Kier alpha value is -1.42. The van der Waals surface area contributed by atoms with Gasteiger partial charge in [-0.3, -0.25) is 9.78 Å². The third-order valence-corrected chi connectivity index (χ3v) is 3.12. The quantitative estimate of drug-likeness (QED) is 0.810. The summed E-state index contributed by atoms with van der Waals surface area (Å²) in [6.45, 7) is 4.55. The molecule has 94 valence electrons. The summed E-state index contributed by atoms with van der Waals surface area (Å²) < 4.78 is 2.96. The van der Waals surface area contributed by atoms with Crippen LogP contribution in [0.3, 0.4) is 0 Å². The van der Waals surface area contributed by atoms with Crippen LogP contribution in [-0.2, 0) is 6.54 Å². The summed E-state index contributed by atoms with van der Waals surface area (Å²) in [5.41, 5.74) is 1.87. The zero-order valence-corrected chi connectivity index (χ0v) is 12.0. The predicted molar refractivity (Wildman–Crippen MR) is 74.6 cm³/mol. The number of hydrogen-bond donors (Lipinski definition) is 0. The predicted octanol–water partition coefficient (Wildman–Crippen LogP) is 3.53. The number of aromatic nitrogens is 2. The van der Waals surface area contributed by atoms with E-state index in [4.69, 9.17) is 0 Å². The molecule has 0 aromatic carbocycles. The summed E-state index contributed by atoms with van der Waals surface area (Å²) in [6, 6.07) is 3.89. The van der Waals surface area contributed by atoms with Crippen molar-refractivity contribution in [2.24, 2.45) is 5.92 Å². The minimum Gasteiger partial charge on any atom is -0.349 e. The van der Waals surface area contributed by atoms with Crippen molar-refractivity contribution in [3.63, 3.8) is 0 Å². The van der Waals surface area contributed by atoms with E-state index >= 15 is 0 Å². The number of halogens is 1. The van der Waals surface area contributed by atoms with Gasteiger partial charge in [0.05, 0.1) is 0 Å². The molecule has 0 bridgehead atoms. The summed E-state index contributed by atoms with van der Waals surface area (Å²) in [7, 11) is 0. The Kier molecular flexibility index (Phi) is 3.97. The first-order chi connectivity index (χ1) is 8.56. The number of hydrogen-bond acceptors (Lipinski definition) is 2. The van der Waals surface area contributed by atoms with Gasteiger partial charge in [-0.1, -0.05) is 13.8 Å². The van der Waals surface area contributed by atoms with Crippen molar-refractivity contribution in [2.75, 3.05) is 0 Å². The first-order valence-corrected chi connectivity index (χ1v) is 6.65. The first-order valence-electron chi connectivity index (χ1n) is 5.85. The lowest BCUT2D eigenvalue weighted by molar-refractivity contribution is 0.0939. The van der Waals surface area contributed by atoms with Crippen LogP contribution < -0.4 is 0 Å². The molecule has 0 unspecified atom stereocenters. The van der Waals surface area contributed by atoms with E-state index in [1.54, 1.807) is 6.20 Å². The molecule has 2 aromatic heterocycles. The van der Waals surface area contributed by atoms with Gasteiger partial charge in [-0.2, -0.15) is 0 Å². The molecule has 0 saturated heterocycles. The lowest BCUT2D eigenvalue weighted by atomic mass is 10.0. The summed E-state index contributed by atoms with van der Waals surface area (Å²) in [6.07, 6.45) is 7.40. The number of carbonyl (C=O) groups is 1. The molecular formula is C14H15BrN2O. The van der Waals surface area contributed by atoms with Gasteiger partial charge in [-0.25, -0.2) is 0 Å². The third kappa shape index (κ3) is 3.07. The van der Waals surface area contributed by atoms with E-state index in [1.807, 2.05) is 49.1 Å². The van der Waals surface area contributed by atoms with E-state index in [0.717, 1.165) is 22.1 Å². The zero-order valence-electron chi connectivity index (χ0n) is 10.4. The zero-order chi connectivity index (χ0) is 13.1. The fourth-order valence-electron chi connectivity index (χ4n) is 1.77. The van der Waals surface area contributed by atoms with Gasteiger partial charge in [0.2, 0.25) is 0 Å². The molecule has 0 fully saturated rings. The van der Waals surface area contributed by atoms with Gasteiger partial charge in [0.15, 0.2) is 5.78 Å². The Morgan fingerprint density at radius 2 is 2.22 bits per heavy atom.